The molecule has 1 saturated heterocycles. The maximum Gasteiger partial charge on any atom is 0.322 e. The van der Waals surface area contributed by atoms with Gasteiger partial charge in [0.1, 0.15) is 17.2 Å². The van der Waals surface area contributed by atoms with Gasteiger partial charge in [-0.3, -0.25) is 10.1 Å². The van der Waals surface area contributed by atoms with Gasteiger partial charge in [-0.1, -0.05) is 30.3 Å². The number of rotatable bonds is 5. The second-order valence-electron chi connectivity index (χ2n) is 7.65. The maximum atomic E-state index is 13.5. The van der Waals surface area contributed by atoms with Gasteiger partial charge in [0, 0.05) is 11.5 Å². The summed E-state index contributed by atoms with van der Waals surface area (Å²) in [6.07, 6.45) is 0.256. The van der Waals surface area contributed by atoms with E-state index in [2.05, 4.69) is 10.6 Å². The van der Waals surface area contributed by atoms with Gasteiger partial charge in [-0.05, 0) is 43.0 Å². The quantitative estimate of drug-likeness (QED) is 0.775. The van der Waals surface area contributed by atoms with Crippen LogP contribution in [0.25, 0.3) is 0 Å². The third kappa shape index (κ3) is 3.16. The van der Waals surface area contributed by atoms with Gasteiger partial charge in [0.2, 0.25) is 0 Å². The lowest BCUT2D eigenvalue weighted by Gasteiger charge is -2.53. The number of hydrogen-bond donors (Lipinski definition) is 2. The van der Waals surface area contributed by atoms with Gasteiger partial charge >= 0.3 is 6.03 Å². The molecule has 1 saturated carbocycles. The van der Waals surface area contributed by atoms with Crippen molar-refractivity contribution < 1.29 is 23.1 Å². The molecule has 4 rings (SSSR count). The van der Waals surface area contributed by atoms with Crippen LogP contribution in [-0.2, 0) is 14.9 Å². The summed E-state index contributed by atoms with van der Waals surface area (Å²) in [7, 11) is 0. The van der Waals surface area contributed by atoms with Crippen molar-refractivity contribution in [3.63, 3.8) is 0 Å². The second kappa shape index (κ2) is 6.67. The fraction of sp³-hybridized carbons (Fsp3) is 0.333. The Kier molecular flexibility index (Phi) is 4.42. The van der Waals surface area contributed by atoms with Crippen LogP contribution in [0.4, 0.5) is 13.6 Å². The summed E-state index contributed by atoms with van der Waals surface area (Å²) in [6.45, 7) is 1.98. The van der Waals surface area contributed by atoms with Gasteiger partial charge in [0.25, 0.3) is 5.91 Å². The minimum absolute atomic E-state index is 0.251. The third-order valence-corrected chi connectivity index (χ3v) is 5.64. The molecule has 0 radical (unpaired) electrons. The van der Waals surface area contributed by atoms with Crippen molar-refractivity contribution in [1.29, 1.82) is 0 Å². The number of carbonyl (C=O) groups excluding carboxylic acids is 2. The molecule has 28 heavy (non-hydrogen) atoms. The van der Waals surface area contributed by atoms with Crippen molar-refractivity contribution in [2.24, 2.45) is 0 Å². The van der Waals surface area contributed by atoms with Gasteiger partial charge in [-0.25, -0.2) is 13.6 Å². The molecule has 1 heterocycles. The molecule has 1 atom stereocenters. The number of nitrogens with one attached hydrogen (secondary N) is 2. The number of hydrogen-bond acceptors (Lipinski definition) is 3. The van der Waals surface area contributed by atoms with E-state index in [0.717, 1.165) is 11.6 Å². The van der Waals surface area contributed by atoms with Crippen LogP contribution in [0, 0.1) is 11.6 Å². The van der Waals surface area contributed by atoms with Crippen LogP contribution < -0.4 is 10.6 Å². The van der Waals surface area contributed by atoms with E-state index in [4.69, 9.17) is 4.74 Å². The van der Waals surface area contributed by atoms with Crippen LogP contribution in [0.3, 0.4) is 0 Å². The van der Waals surface area contributed by atoms with Gasteiger partial charge in [0.05, 0.1) is 12.7 Å². The summed E-state index contributed by atoms with van der Waals surface area (Å²) in [5, 5.41) is 5.01. The van der Waals surface area contributed by atoms with Gasteiger partial charge in [0.15, 0.2) is 0 Å². The predicted octanol–water partition coefficient (Wildman–Crippen LogP) is 3.35. The third-order valence-electron chi connectivity index (χ3n) is 5.64. The Morgan fingerprint density at radius 1 is 1.07 bits per heavy atom. The molecule has 5 nitrogen and oxygen atoms in total. The fourth-order valence-corrected chi connectivity index (χ4v) is 4.25. The van der Waals surface area contributed by atoms with Gasteiger partial charge in [-0.2, -0.15) is 0 Å². The first-order valence-corrected chi connectivity index (χ1v) is 9.09. The largest absolute Gasteiger partial charge is 0.373 e. The zero-order valence-electron chi connectivity index (χ0n) is 15.3. The molecule has 0 bridgehead atoms. The Balaban J connectivity index is 1.55. The second-order valence-corrected chi connectivity index (χ2v) is 7.65. The molecule has 146 valence electrons. The summed E-state index contributed by atoms with van der Waals surface area (Å²) in [6, 6.07) is 12.4. The van der Waals surface area contributed by atoms with Crippen molar-refractivity contribution in [3.8, 4) is 0 Å². The van der Waals surface area contributed by atoms with E-state index >= 15 is 0 Å². The maximum absolute atomic E-state index is 13.5. The van der Waals surface area contributed by atoms with Gasteiger partial charge < -0.3 is 10.1 Å². The van der Waals surface area contributed by atoms with Crippen LogP contribution in [-0.4, -0.2) is 24.1 Å². The molecule has 0 aromatic heterocycles. The minimum Gasteiger partial charge on any atom is -0.373 e. The highest BCUT2D eigenvalue weighted by molar-refractivity contribution is 6.08. The summed E-state index contributed by atoms with van der Waals surface area (Å²) >= 11 is 0. The van der Waals surface area contributed by atoms with E-state index in [9.17, 15) is 18.4 Å². The zero-order chi connectivity index (χ0) is 19.9. The Morgan fingerprint density at radius 3 is 2.29 bits per heavy atom. The summed E-state index contributed by atoms with van der Waals surface area (Å²) < 4.78 is 33.0. The number of halogens is 2. The van der Waals surface area contributed by atoms with Crippen molar-refractivity contribution >= 4 is 11.9 Å². The van der Waals surface area contributed by atoms with E-state index in [1.165, 1.54) is 12.1 Å². The van der Waals surface area contributed by atoms with Crippen molar-refractivity contribution in [2.75, 3.05) is 6.61 Å². The lowest BCUT2D eigenvalue weighted by Crippen LogP contribution is -2.65. The van der Waals surface area contributed by atoms with E-state index in [1.54, 1.807) is 6.92 Å². The lowest BCUT2D eigenvalue weighted by atomic mass is 9.54. The highest BCUT2D eigenvalue weighted by atomic mass is 19.1. The Hall–Kier alpha value is -2.80. The Bertz CT molecular complexity index is 906. The van der Waals surface area contributed by atoms with Crippen LogP contribution in [0.5, 0.6) is 0 Å². The van der Waals surface area contributed by atoms with Crippen LogP contribution >= 0.6 is 0 Å². The standard InChI is InChI=1S/C21H20F2N2O3/c1-13(14-7-16(22)9-17(23)8-14)28-12-20(15-5-3-2-4-6-15)10-21(11-20)18(26)24-19(27)25-21/h2-9,13H,10-12H2,1H3,(H2,24,25,26,27)/t13-,20?,21?/m1/s1. The SMILES string of the molecule is C[C@@H](OCC1(c2ccccc2)CC2(C1)NC(=O)NC2=O)c1cc(F)cc(F)c1. The molecule has 1 aliphatic heterocycles. The topological polar surface area (TPSA) is 67.4 Å². The van der Waals surface area contributed by atoms with Crippen molar-refractivity contribution in [3.05, 3.63) is 71.3 Å². The molecule has 1 aliphatic carbocycles. The molecular formula is C21H20F2N2O3. The van der Waals surface area contributed by atoms with Crippen LogP contribution in [0.15, 0.2) is 48.5 Å². The average Bonchev–Trinajstić information content (AvgIpc) is 2.92. The molecule has 3 amide bonds. The molecule has 2 aromatic carbocycles. The molecule has 2 fully saturated rings. The number of imide groups is 1. The molecule has 1 spiro atoms. The van der Waals surface area contributed by atoms with E-state index in [1.807, 2.05) is 30.3 Å². The fourth-order valence-electron chi connectivity index (χ4n) is 4.25. The van der Waals surface area contributed by atoms with Gasteiger partial charge in [-0.15, -0.1) is 0 Å². The molecule has 2 aliphatic rings. The van der Waals surface area contributed by atoms with Crippen LogP contribution in [0.2, 0.25) is 0 Å². The molecule has 0 unspecified atom stereocenters. The molecule has 7 heteroatoms. The number of amides is 3. The van der Waals surface area contributed by atoms with E-state index in [0.29, 0.717) is 18.4 Å². The highest BCUT2D eigenvalue weighted by Crippen LogP contribution is 2.52. The predicted molar refractivity (Wildman–Crippen MR) is 97.5 cm³/mol. The Morgan fingerprint density at radius 2 is 1.71 bits per heavy atom. The molecular weight excluding hydrogens is 366 g/mol. The lowest BCUT2D eigenvalue weighted by molar-refractivity contribution is -0.132. The minimum atomic E-state index is -0.926. The first kappa shape index (κ1) is 18.6. The number of ether oxygens (including phenoxy) is 1. The zero-order valence-corrected chi connectivity index (χ0v) is 15.3. The average molecular weight is 386 g/mol. The molecule has 2 aromatic rings. The smallest absolute Gasteiger partial charge is 0.322 e. The van der Waals surface area contributed by atoms with Crippen LogP contribution in [0.1, 0.15) is 37.0 Å². The number of urea groups is 1. The first-order valence-electron chi connectivity index (χ1n) is 9.09. The number of carbonyl (C=O) groups is 2. The molecule has 2 N–H and O–H groups in total. The summed E-state index contributed by atoms with van der Waals surface area (Å²) in [5.74, 6) is -1.64. The number of benzene rings is 2. The van der Waals surface area contributed by atoms with E-state index < -0.39 is 34.7 Å². The van der Waals surface area contributed by atoms with E-state index in [-0.39, 0.29) is 12.5 Å². The van der Waals surface area contributed by atoms with Crippen molar-refractivity contribution in [1.82, 2.24) is 10.6 Å². The first-order chi connectivity index (χ1) is 13.3. The Labute approximate surface area is 161 Å². The summed E-state index contributed by atoms with van der Waals surface area (Å²) in [4.78, 5) is 23.8. The normalized spacial score (nSPS) is 27.2. The monoisotopic (exact) mass is 386 g/mol. The highest BCUT2D eigenvalue weighted by Gasteiger charge is 2.63. The van der Waals surface area contributed by atoms with Crippen molar-refractivity contribution in [2.45, 2.75) is 36.8 Å². The summed E-state index contributed by atoms with van der Waals surface area (Å²) in [5.41, 5.74) is -0.00486.